The fourth-order valence-corrected chi connectivity index (χ4v) is 3.72. The van der Waals surface area contributed by atoms with Gasteiger partial charge in [-0.2, -0.15) is 4.98 Å². The van der Waals surface area contributed by atoms with Crippen LogP contribution in [0.15, 0.2) is 15.9 Å². The van der Waals surface area contributed by atoms with Gasteiger partial charge < -0.3 is 9.47 Å². The molecule has 0 radical (unpaired) electrons. The van der Waals surface area contributed by atoms with Gasteiger partial charge in [0, 0.05) is 40.2 Å². The van der Waals surface area contributed by atoms with Gasteiger partial charge in [0.15, 0.2) is 11.2 Å². The van der Waals surface area contributed by atoms with Crippen molar-refractivity contribution >= 4 is 29.0 Å². The van der Waals surface area contributed by atoms with Crippen molar-refractivity contribution in [3.05, 3.63) is 27.2 Å². The highest BCUT2D eigenvalue weighted by Crippen LogP contribution is 2.16. The van der Waals surface area contributed by atoms with E-state index in [-0.39, 0.29) is 12.3 Å². The number of piperidine rings is 1. The lowest BCUT2D eigenvalue weighted by Crippen LogP contribution is -2.37. The number of anilines is 2. The van der Waals surface area contributed by atoms with E-state index in [0.29, 0.717) is 36.0 Å². The summed E-state index contributed by atoms with van der Waals surface area (Å²) in [5, 5.41) is 9.66. The molecule has 0 aromatic carbocycles. The Balaban J connectivity index is 1.36. The number of hydrogen-bond acceptors (Lipinski definition) is 7. The van der Waals surface area contributed by atoms with Gasteiger partial charge in [0.05, 0.1) is 6.33 Å². The summed E-state index contributed by atoms with van der Waals surface area (Å²) in [6.45, 7) is 2.27. The van der Waals surface area contributed by atoms with Gasteiger partial charge in [0.25, 0.3) is 5.56 Å². The van der Waals surface area contributed by atoms with Crippen LogP contribution in [-0.4, -0.2) is 52.9 Å². The average Bonchev–Trinajstić information content (AvgIpc) is 3.39. The first-order chi connectivity index (χ1) is 14.5. The lowest BCUT2D eigenvalue weighted by molar-refractivity contribution is -0.116. The summed E-state index contributed by atoms with van der Waals surface area (Å²) in [6, 6.07) is 0. The summed E-state index contributed by atoms with van der Waals surface area (Å²) in [4.78, 5) is 47.3. The highest BCUT2D eigenvalue weighted by Gasteiger charge is 2.17. The van der Waals surface area contributed by atoms with Crippen LogP contribution in [-0.2, 0) is 25.4 Å². The molecule has 0 atom stereocenters. The fourth-order valence-electron chi connectivity index (χ4n) is 3.72. The molecule has 3 aromatic rings. The summed E-state index contributed by atoms with van der Waals surface area (Å²) >= 11 is 0. The molecule has 4 heterocycles. The third-order valence-electron chi connectivity index (χ3n) is 5.39. The van der Waals surface area contributed by atoms with Crippen LogP contribution in [0.2, 0.25) is 0 Å². The molecule has 2 N–H and O–H groups in total. The lowest BCUT2D eigenvalue weighted by Gasteiger charge is -2.24. The molecular weight excluding hydrogens is 390 g/mol. The van der Waals surface area contributed by atoms with E-state index in [1.165, 1.54) is 24.4 Å². The molecule has 30 heavy (non-hydrogen) atoms. The van der Waals surface area contributed by atoms with Gasteiger partial charge in [-0.05, 0) is 25.7 Å². The Kier molecular flexibility index (Phi) is 5.38. The Morgan fingerprint density at radius 3 is 2.70 bits per heavy atom. The zero-order valence-electron chi connectivity index (χ0n) is 17.1. The van der Waals surface area contributed by atoms with Crippen molar-refractivity contribution in [3.63, 3.8) is 0 Å². The molecule has 1 saturated heterocycles. The first kappa shape index (κ1) is 19.9. The van der Waals surface area contributed by atoms with E-state index in [0.717, 1.165) is 30.5 Å². The second-order valence-corrected chi connectivity index (χ2v) is 7.50. The molecule has 0 aliphatic carbocycles. The van der Waals surface area contributed by atoms with Gasteiger partial charge >= 0.3 is 5.69 Å². The average molecular weight is 415 g/mol. The summed E-state index contributed by atoms with van der Waals surface area (Å²) in [5.41, 5.74) is -0.143. The lowest BCUT2D eigenvalue weighted by atomic mass is 10.1. The largest absolute Gasteiger partial charge is 0.340 e. The van der Waals surface area contributed by atoms with Crippen LogP contribution in [0.25, 0.3) is 11.2 Å². The maximum absolute atomic E-state index is 12.4. The number of rotatable bonds is 6. The van der Waals surface area contributed by atoms with Crippen LogP contribution < -0.4 is 21.5 Å². The van der Waals surface area contributed by atoms with Crippen LogP contribution in [0.5, 0.6) is 0 Å². The topological polar surface area (TPSA) is 136 Å². The van der Waals surface area contributed by atoms with Crippen molar-refractivity contribution in [2.75, 3.05) is 23.3 Å². The van der Waals surface area contributed by atoms with Gasteiger partial charge in [-0.15, -0.1) is 5.10 Å². The van der Waals surface area contributed by atoms with Gasteiger partial charge in [0.1, 0.15) is 0 Å². The SMILES string of the molecule is Cn1c(=O)c2c(ncn2CCCC(=O)Nc2nc(N3CCCCC3)n[nH]2)n(C)c1=O. The summed E-state index contributed by atoms with van der Waals surface area (Å²) in [5.74, 6) is 0.745. The van der Waals surface area contributed by atoms with E-state index in [9.17, 15) is 14.4 Å². The van der Waals surface area contributed by atoms with E-state index in [1.54, 1.807) is 11.6 Å². The number of amides is 1. The summed E-state index contributed by atoms with van der Waals surface area (Å²) in [6.07, 6.45) is 5.72. The molecule has 0 saturated carbocycles. The number of H-pyrrole nitrogens is 1. The number of aryl methyl sites for hydroxylation is 2. The quantitative estimate of drug-likeness (QED) is 0.576. The van der Waals surface area contributed by atoms with Gasteiger partial charge in [-0.3, -0.25) is 24.0 Å². The molecule has 1 aliphatic heterocycles. The first-order valence-corrected chi connectivity index (χ1v) is 10.0. The van der Waals surface area contributed by atoms with E-state index in [4.69, 9.17) is 0 Å². The van der Waals surface area contributed by atoms with E-state index < -0.39 is 11.2 Å². The molecule has 1 fully saturated rings. The van der Waals surface area contributed by atoms with Crippen LogP contribution >= 0.6 is 0 Å². The number of carbonyl (C=O) groups excluding carboxylic acids is 1. The van der Waals surface area contributed by atoms with Crippen LogP contribution in [0.1, 0.15) is 32.1 Å². The molecule has 1 aliphatic rings. The molecule has 0 spiro atoms. The van der Waals surface area contributed by atoms with Crippen molar-refractivity contribution < 1.29 is 4.79 Å². The second-order valence-electron chi connectivity index (χ2n) is 7.50. The summed E-state index contributed by atoms with van der Waals surface area (Å²) < 4.78 is 4.06. The molecule has 12 heteroatoms. The summed E-state index contributed by atoms with van der Waals surface area (Å²) in [7, 11) is 3.01. The Labute approximate surface area is 171 Å². The molecule has 12 nitrogen and oxygen atoms in total. The number of aromatic nitrogens is 7. The van der Waals surface area contributed by atoms with Crippen molar-refractivity contribution in [2.45, 2.75) is 38.6 Å². The van der Waals surface area contributed by atoms with Gasteiger partial charge in [-0.1, -0.05) is 0 Å². The minimum Gasteiger partial charge on any atom is -0.340 e. The van der Waals surface area contributed by atoms with Crippen LogP contribution in [0.3, 0.4) is 0 Å². The van der Waals surface area contributed by atoms with E-state index in [2.05, 4.69) is 30.4 Å². The van der Waals surface area contributed by atoms with Crippen molar-refractivity contribution in [2.24, 2.45) is 14.1 Å². The maximum Gasteiger partial charge on any atom is 0.332 e. The minimum absolute atomic E-state index is 0.193. The molecule has 0 unspecified atom stereocenters. The minimum atomic E-state index is -0.423. The molecule has 160 valence electrons. The van der Waals surface area contributed by atoms with Crippen molar-refractivity contribution in [3.8, 4) is 0 Å². The molecule has 1 amide bonds. The fraction of sp³-hybridized carbons (Fsp3) is 0.556. The van der Waals surface area contributed by atoms with Crippen molar-refractivity contribution in [1.29, 1.82) is 0 Å². The zero-order chi connectivity index (χ0) is 21.3. The van der Waals surface area contributed by atoms with E-state index >= 15 is 0 Å². The Hall–Kier alpha value is -3.44. The number of fused-ring (bicyclic) bond motifs is 1. The van der Waals surface area contributed by atoms with Crippen LogP contribution in [0.4, 0.5) is 11.9 Å². The number of nitrogens with zero attached hydrogens (tertiary/aromatic N) is 7. The van der Waals surface area contributed by atoms with Gasteiger partial charge in [-0.25, -0.2) is 14.9 Å². The van der Waals surface area contributed by atoms with Crippen LogP contribution in [0, 0.1) is 0 Å². The Morgan fingerprint density at radius 2 is 1.93 bits per heavy atom. The number of aromatic amines is 1. The molecule has 0 bridgehead atoms. The third-order valence-corrected chi connectivity index (χ3v) is 5.39. The Morgan fingerprint density at radius 1 is 1.17 bits per heavy atom. The molecular formula is C18H25N9O3. The van der Waals surface area contributed by atoms with E-state index in [1.807, 2.05) is 0 Å². The normalized spacial score (nSPS) is 14.4. The predicted molar refractivity (Wildman–Crippen MR) is 111 cm³/mol. The standard InChI is InChI=1S/C18H25N9O3/c1-24-14-13(15(29)25(2)18(24)30)27(11-19-14)10-6-7-12(28)20-16-21-17(23-22-16)26-8-4-3-5-9-26/h11H,3-10H2,1-2H3,(H2,20,21,22,23,28). The van der Waals surface area contributed by atoms with Crippen molar-refractivity contribution in [1.82, 2.24) is 33.9 Å². The zero-order valence-corrected chi connectivity index (χ0v) is 17.1. The number of carbonyl (C=O) groups is 1. The highest BCUT2D eigenvalue weighted by molar-refractivity contribution is 5.88. The number of nitrogens with one attached hydrogen (secondary N) is 2. The predicted octanol–water partition coefficient (Wildman–Crippen LogP) is -0.0390. The number of imidazole rings is 1. The molecule has 3 aromatic heterocycles. The van der Waals surface area contributed by atoms with Gasteiger partial charge in [0.2, 0.25) is 17.8 Å². The number of hydrogen-bond donors (Lipinski definition) is 2. The molecule has 4 rings (SSSR count). The smallest absolute Gasteiger partial charge is 0.332 e. The highest BCUT2D eigenvalue weighted by atomic mass is 16.2. The maximum atomic E-state index is 12.4. The third kappa shape index (κ3) is 3.72. The first-order valence-electron chi connectivity index (χ1n) is 10.0. The monoisotopic (exact) mass is 415 g/mol. The second kappa shape index (κ2) is 8.13. The Bertz CT molecular complexity index is 1180.